The molecule has 1 saturated heterocycles. The summed E-state index contributed by atoms with van der Waals surface area (Å²) in [6.45, 7) is 0.251. The smallest absolute Gasteiger partial charge is 0.286 e. The SMILES string of the molecule is COc1ccc(CC2SC(=O)NC2=O)cc1CNC(=O)c1ccc(Oc2ccccc2)cc1. The number of methoxy groups -OCH3 is 1. The van der Waals surface area contributed by atoms with E-state index < -0.39 is 5.25 Å². The highest BCUT2D eigenvalue weighted by atomic mass is 32.2. The standard InChI is InChI=1S/C25H22N2O5S/c1-31-21-12-7-16(14-22-24(29)27-25(30)33-22)13-18(21)15-26-23(28)17-8-10-20(11-9-17)32-19-5-3-2-4-6-19/h2-13,22H,14-15H2,1H3,(H,26,28)(H,27,29,30). The first-order chi connectivity index (χ1) is 16.0. The Bertz CT molecular complexity index is 1170. The molecule has 0 bridgehead atoms. The normalized spacial score (nSPS) is 15.1. The molecule has 1 atom stereocenters. The minimum atomic E-state index is -0.454. The van der Waals surface area contributed by atoms with Crippen molar-refractivity contribution in [2.24, 2.45) is 0 Å². The summed E-state index contributed by atoms with van der Waals surface area (Å²) < 4.78 is 11.2. The van der Waals surface area contributed by atoms with Gasteiger partial charge < -0.3 is 14.8 Å². The second kappa shape index (κ2) is 10.2. The molecule has 168 valence electrons. The van der Waals surface area contributed by atoms with Crippen LogP contribution in [0.25, 0.3) is 0 Å². The van der Waals surface area contributed by atoms with Gasteiger partial charge in [-0.2, -0.15) is 0 Å². The molecule has 1 unspecified atom stereocenters. The number of nitrogens with one attached hydrogen (secondary N) is 2. The summed E-state index contributed by atoms with van der Waals surface area (Å²) in [6, 6.07) is 21.8. The zero-order valence-electron chi connectivity index (χ0n) is 17.9. The molecule has 1 aliphatic rings. The first-order valence-electron chi connectivity index (χ1n) is 10.3. The van der Waals surface area contributed by atoms with Gasteiger partial charge in [0.15, 0.2) is 0 Å². The monoisotopic (exact) mass is 462 g/mol. The lowest BCUT2D eigenvalue weighted by molar-refractivity contribution is -0.118. The Hall–Kier alpha value is -3.78. The van der Waals surface area contributed by atoms with Gasteiger partial charge in [0.25, 0.3) is 11.1 Å². The molecule has 1 heterocycles. The average Bonchev–Trinajstić information content (AvgIpc) is 3.15. The molecule has 3 amide bonds. The van der Waals surface area contributed by atoms with Crippen molar-refractivity contribution in [3.63, 3.8) is 0 Å². The molecule has 2 N–H and O–H groups in total. The number of hydrogen-bond donors (Lipinski definition) is 2. The molecule has 0 saturated carbocycles. The van der Waals surface area contributed by atoms with Crippen molar-refractivity contribution in [1.82, 2.24) is 10.6 Å². The summed E-state index contributed by atoms with van der Waals surface area (Å²) in [6.07, 6.45) is 0.413. The Morgan fingerprint density at radius 2 is 1.73 bits per heavy atom. The fourth-order valence-corrected chi connectivity index (χ4v) is 4.27. The van der Waals surface area contributed by atoms with Crippen LogP contribution in [-0.4, -0.2) is 29.4 Å². The number of para-hydroxylation sites is 1. The first kappa shape index (κ1) is 22.4. The molecule has 1 fully saturated rings. The minimum Gasteiger partial charge on any atom is -0.496 e. The van der Waals surface area contributed by atoms with Gasteiger partial charge in [-0.1, -0.05) is 42.1 Å². The van der Waals surface area contributed by atoms with Crippen molar-refractivity contribution in [2.75, 3.05) is 7.11 Å². The summed E-state index contributed by atoms with van der Waals surface area (Å²) in [5.74, 6) is 1.48. The lowest BCUT2D eigenvalue weighted by atomic mass is 10.0. The molecule has 0 radical (unpaired) electrons. The van der Waals surface area contributed by atoms with Crippen LogP contribution in [0.5, 0.6) is 17.2 Å². The van der Waals surface area contributed by atoms with Gasteiger partial charge in [-0.25, -0.2) is 0 Å². The molecule has 0 spiro atoms. The van der Waals surface area contributed by atoms with Gasteiger partial charge in [0.05, 0.1) is 12.4 Å². The Morgan fingerprint density at radius 3 is 2.39 bits per heavy atom. The predicted molar refractivity (Wildman–Crippen MR) is 126 cm³/mol. The van der Waals surface area contributed by atoms with E-state index in [1.54, 1.807) is 37.4 Å². The van der Waals surface area contributed by atoms with Crippen LogP contribution >= 0.6 is 11.8 Å². The zero-order valence-corrected chi connectivity index (χ0v) is 18.7. The molecule has 1 aliphatic heterocycles. The highest BCUT2D eigenvalue weighted by Gasteiger charge is 2.31. The van der Waals surface area contributed by atoms with Crippen LogP contribution in [0.3, 0.4) is 0 Å². The van der Waals surface area contributed by atoms with E-state index in [0.717, 1.165) is 28.6 Å². The number of carbonyl (C=O) groups is 3. The van der Waals surface area contributed by atoms with Crippen molar-refractivity contribution in [3.8, 4) is 17.2 Å². The predicted octanol–water partition coefficient (Wildman–Crippen LogP) is 4.31. The number of ether oxygens (including phenoxy) is 2. The maximum Gasteiger partial charge on any atom is 0.286 e. The molecule has 8 heteroatoms. The molecular weight excluding hydrogens is 440 g/mol. The van der Waals surface area contributed by atoms with Gasteiger partial charge in [0.2, 0.25) is 5.91 Å². The van der Waals surface area contributed by atoms with Gasteiger partial charge in [-0.15, -0.1) is 0 Å². The fraction of sp³-hybridized carbons (Fsp3) is 0.160. The van der Waals surface area contributed by atoms with E-state index in [1.807, 2.05) is 42.5 Å². The molecule has 0 aliphatic carbocycles. The molecule has 0 aromatic heterocycles. The lowest BCUT2D eigenvalue weighted by Crippen LogP contribution is -2.25. The van der Waals surface area contributed by atoms with Crippen molar-refractivity contribution < 1.29 is 23.9 Å². The van der Waals surface area contributed by atoms with Crippen LogP contribution in [-0.2, 0) is 17.8 Å². The zero-order chi connectivity index (χ0) is 23.2. The van der Waals surface area contributed by atoms with E-state index >= 15 is 0 Å². The number of rotatable bonds is 8. The third-order valence-electron chi connectivity index (χ3n) is 5.07. The largest absolute Gasteiger partial charge is 0.496 e. The van der Waals surface area contributed by atoms with Crippen LogP contribution in [0, 0.1) is 0 Å². The van der Waals surface area contributed by atoms with Crippen molar-refractivity contribution in [2.45, 2.75) is 18.2 Å². The van der Waals surface area contributed by atoms with Crippen molar-refractivity contribution >= 4 is 28.8 Å². The lowest BCUT2D eigenvalue weighted by Gasteiger charge is -2.13. The molecule has 33 heavy (non-hydrogen) atoms. The summed E-state index contributed by atoms with van der Waals surface area (Å²) in [7, 11) is 1.56. The van der Waals surface area contributed by atoms with E-state index in [2.05, 4.69) is 10.6 Å². The number of carbonyl (C=O) groups excluding carboxylic acids is 3. The first-order valence-corrected chi connectivity index (χ1v) is 11.2. The van der Waals surface area contributed by atoms with Crippen molar-refractivity contribution in [1.29, 1.82) is 0 Å². The number of imide groups is 1. The summed E-state index contributed by atoms with van der Waals surface area (Å²) >= 11 is 0.991. The van der Waals surface area contributed by atoms with E-state index in [4.69, 9.17) is 9.47 Å². The maximum atomic E-state index is 12.6. The Morgan fingerprint density at radius 1 is 1.00 bits per heavy atom. The van der Waals surface area contributed by atoms with Crippen LogP contribution < -0.4 is 20.1 Å². The molecule has 3 aromatic carbocycles. The van der Waals surface area contributed by atoms with E-state index in [1.165, 1.54) is 0 Å². The van der Waals surface area contributed by atoms with Crippen LogP contribution in [0.15, 0.2) is 72.8 Å². The number of thioether (sulfide) groups is 1. The van der Waals surface area contributed by atoms with E-state index in [9.17, 15) is 14.4 Å². The topological polar surface area (TPSA) is 93.7 Å². The Balaban J connectivity index is 1.38. The second-order valence-electron chi connectivity index (χ2n) is 7.36. The number of hydrogen-bond acceptors (Lipinski definition) is 6. The summed E-state index contributed by atoms with van der Waals surface area (Å²) in [5.41, 5.74) is 2.16. The maximum absolute atomic E-state index is 12.6. The van der Waals surface area contributed by atoms with Crippen LogP contribution in [0.2, 0.25) is 0 Å². The second-order valence-corrected chi connectivity index (χ2v) is 8.53. The highest BCUT2D eigenvalue weighted by molar-refractivity contribution is 8.15. The van der Waals surface area contributed by atoms with Gasteiger partial charge in [0, 0.05) is 17.7 Å². The van der Waals surface area contributed by atoms with Crippen LogP contribution in [0.1, 0.15) is 21.5 Å². The molecule has 4 rings (SSSR count). The van der Waals surface area contributed by atoms with Crippen molar-refractivity contribution in [3.05, 3.63) is 89.5 Å². The average molecular weight is 463 g/mol. The number of amides is 3. The van der Waals surface area contributed by atoms with E-state index in [0.29, 0.717) is 23.5 Å². The third-order valence-corrected chi connectivity index (χ3v) is 6.05. The summed E-state index contributed by atoms with van der Waals surface area (Å²) in [4.78, 5) is 35.9. The molecular formula is C25H22N2O5S. The van der Waals surface area contributed by atoms with Gasteiger partial charge in [-0.05, 0) is 54.4 Å². The quantitative estimate of drug-likeness (QED) is 0.518. The molecule has 7 nitrogen and oxygen atoms in total. The van der Waals surface area contributed by atoms with E-state index in [-0.39, 0.29) is 23.6 Å². The van der Waals surface area contributed by atoms with Gasteiger partial charge in [-0.3, -0.25) is 19.7 Å². The molecule has 3 aromatic rings. The Labute approximate surface area is 195 Å². The fourth-order valence-electron chi connectivity index (χ4n) is 3.42. The third kappa shape index (κ3) is 5.72. The number of benzene rings is 3. The summed E-state index contributed by atoms with van der Waals surface area (Å²) in [5, 5.41) is 4.41. The van der Waals surface area contributed by atoms with Gasteiger partial charge >= 0.3 is 0 Å². The highest BCUT2D eigenvalue weighted by Crippen LogP contribution is 2.26. The Kier molecular flexibility index (Phi) is 6.95. The van der Waals surface area contributed by atoms with Crippen LogP contribution in [0.4, 0.5) is 4.79 Å². The minimum absolute atomic E-state index is 0.231. The van der Waals surface area contributed by atoms with Gasteiger partial charge in [0.1, 0.15) is 17.2 Å².